The summed E-state index contributed by atoms with van der Waals surface area (Å²) < 4.78 is 10.7. The van der Waals surface area contributed by atoms with Crippen LogP contribution in [-0.2, 0) is 11.2 Å². The molecule has 1 radical (unpaired) electrons. The molecule has 0 saturated carbocycles. The first-order valence-electron chi connectivity index (χ1n) is 8.42. The van der Waals surface area contributed by atoms with Gasteiger partial charge in [0.25, 0.3) is 0 Å². The van der Waals surface area contributed by atoms with E-state index in [2.05, 4.69) is 19.2 Å². The average Bonchev–Trinajstić information content (AvgIpc) is 2.60. The number of rotatable bonds is 8. The minimum atomic E-state index is -0.842. The second-order valence-corrected chi connectivity index (χ2v) is 5.66. The van der Waals surface area contributed by atoms with Gasteiger partial charge in [-0.3, -0.25) is 5.32 Å². The predicted molar refractivity (Wildman–Crippen MR) is 97.7 cm³/mol. The topological polar surface area (TPSA) is 67.8 Å². The van der Waals surface area contributed by atoms with Gasteiger partial charge in [-0.1, -0.05) is 31.5 Å². The van der Waals surface area contributed by atoms with Gasteiger partial charge in [0.2, 0.25) is 6.29 Å². The van der Waals surface area contributed by atoms with Crippen molar-refractivity contribution < 1.29 is 19.4 Å². The average molecular weight is 342 g/mol. The molecule has 2 rings (SSSR count). The van der Waals surface area contributed by atoms with E-state index in [1.165, 1.54) is 17.7 Å². The van der Waals surface area contributed by atoms with E-state index in [1.807, 2.05) is 24.3 Å². The number of unbranched alkanes of at least 4 members (excludes halogenated alkanes) is 1. The Balaban J connectivity index is 1.87. The summed E-state index contributed by atoms with van der Waals surface area (Å²) in [6.45, 7) is 5.87. The largest absolute Gasteiger partial charge is 0.508 e. The number of phenols is 1. The Bertz CT molecular complexity index is 670. The molecule has 133 valence electrons. The number of aromatic hydroxyl groups is 1. The number of carbonyl (C=O) groups excluding carboxylic acids is 1. The lowest BCUT2D eigenvalue weighted by atomic mass is 10.1. The number of ether oxygens (including phenoxy) is 2. The van der Waals surface area contributed by atoms with Crippen LogP contribution < -0.4 is 10.1 Å². The van der Waals surface area contributed by atoms with Crippen LogP contribution in [0.5, 0.6) is 11.5 Å². The van der Waals surface area contributed by atoms with Crippen LogP contribution >= 0.6 is 0 Å². The molecule has 5 nitrogen and oxygen atoms in total. The molecule has 0 saturated heterocycles. The van der Waals surface area contributed by atoms with E-state index in [0.717, 1.165) is 19.3 Å². The van der Waals surface area contributed by atoms with Crippen molar-refractivity contribution in [2.24, 2.45) is 0 Å². The van der Waals surface area contributed by atoms with Crippen molar-refractivity contribution in [2.75, 3.05) is 5.32 Å². The number of amides is 1. The lowest BCUT2D eigenvalue weighted by Crippen LogP contribution is -2.26. The minimum absolute atomic E-state index is 0.0768. The number of aryl methyl sites for hydroxylation is 1. The molecular formula is C20H24NO4. The lowest BCUT2D eigenvalue weighted by Gasteiger charge is -2.18. The predicted octanol–water partition coefficient (Wildman–Crippen LogP) is 4.91. The van der Waals surface area contributed by atoms with Crippen LogP contribution in [0.1, 0.15) is 31.7 Å². The first kappa shape index (κ1) is 18.6. The maximum absolute atomic E-state index is 12.0. The van der Waals surface area contributed by atoms with Gasteiger partial charge >= 0.3 is 6.09 Å². The number of benzene rings is 2. The van der Waals surface area contributed by atoms with Crippen molar-refractivity contribution in [3.63, 3.8) is 0 Å². The number of nitrogens with one attached hydrogen (secondary N) is 1. The third-order valence-corrected chi connectivity index (χ3v) is 3.58. The highest BCUT2D eigenvalue weighted by Crippen LogP contribution is 2.20. The summed E-state index contributed by atoms with van der Waals surface area (Å²) in [4.78, 5) is 12.0. The van der Waals surface area contributed by atoms with Gasteiger partial charge in [0.15, 0.2) is 0 Å². The smallest absolute Gasteiger partial charge is 0.414 e. The standard InChI is InChI=1S/C20H24NO4/c1-3-5-7-15-10-12-16(13-11-15)21-20(23)25-19(4-2)24-18-9-6-8-17(22)14-18/h6,8-14,19,22H,2-5,7H2,1H3,(H,21,23)/t19-/m1/s1. The lowest BCUT2D eigenvalue weighted by molar-refractivity contribution is -0.0240. The molecule has 0 spiro atoms. The second kappa shape index (κ2) is 9.57. The summed E-state index contributed by atoms with van der Waals surface area (Å²) in [5, 5.41) is 12.1. The number of carbonyl (C=O) groups is 1. The molecule has 0 bridgehead atoms. The van der Waals surface area contributed by atoms with E-state index in [0.29, 0.717) is 11.4 Å². The fourth-order valence-corrected chi connectivity index (χ4v) is 2.25. The monoisotopic (exact) mass is 342 g/mol. The molecule has 5 heteroatoms. The quantitative estimate of drug-likeness (QED) is 0.669. The normalized spacial score (nSPS) is 11.6. The number of anilines is 1. The number of hydrogen-bond acceptors (Lipinski definition) is 4. The molecule has 2 aromatic carbocycles. The Morgan fingerprint density at radius 1 is 1.24 bits per heavy atom. The maximum Gasteiger partial charge on any atom is 0.414 e. The maximum atomic E-state index is 12.0. The Morgan fingerprint density at radius 2 is 2.00 bits per heavy atom. The molecular weight excluding hydrogens is 318 g/mol. The van der Waals surface area contributed by atoms with Crippen LogP contribution in [0.25, 0.3) is 0 Å². The highest BCUT2D eigenvalue weighted by atomic mass is 16.7. The fraction of sp³-hybridized carbons (Fsp3) is 0.300. The molecule has 0 unspecified atom stereocenters. The molecule has 0 heterocycles. The first-order valence-corrected chi connectivity index (χ1v) is 8.42. The molecule has 2 N–H and O–H groups in total. The summed E-state index contributed by atoms with van der Waals surface area (Å²) in [6.07, 6.45) is 2.10. The van der Waals surface area contributed by atoms with Gasteiger partial charge in [0, 0.05) is 18.2 Å². The molecule has 0 aliphatic carbocycles. The van der Waals surface area contributed by atoms with Crippen molar-refractivity contribution >= 4 is 11.8 Å². The van der Waals surface area contributed by atoms with E-state index in [4.69, 9.17) is 9.47 Å². The first-order chi connectivity index (χ1) is 12.1. The summed E-state index contributed by atoms with van der Waals surface area (Å²) in [6, 6.07) is 14.0. The van der Waals surface area contributed by atoms with E-state index in [9.17, 15) is 9.90 Å². The van der Waals surface area contributed by atoms with E-state index < -0.39 is 12.4 Å². The Hall–Kier alpha value is -2.69. The van der Waals surface area contributed by atoms with E-state index in [1.54, 1.807) is 12.1 Å². The van der Waals surface area contributed by atoms with Gasteiger partial charge in [0.05, 0.1) is 0 Å². The number of phenolic OH excluding ortho intramolecular Hbond substituents is 1. The summed E-state index contributed by atoms with van der Waals surface area (Å²) in [5.74, 6) is 0.481. The molecule has 0 aliphatic rings. The Labute approximate surface area is 148 Å². The summed E-state index contributed by atoms with van der Waals surface area (Å²) in [7, 11) is 0. The van der Waals surface area contributed by atoms with E-state index >= 15 is 0 Å². The Kier molecular flexibility index (Phi) is 7.14. The highest BCUT2D eigenvalue weighted by molar-refractivity contribution is 5.84. The van der Waals surface area contributed by atoms with Crippen molar-refractivity contribution in [3.8, 4) is 11.5 Å². The van der Waals surface area contributed by atoms with Gasteiger partial charge in [-0.2, -0.15) is 0 Å². The van der Waals surface area contributed by atoms with E-state index in [-0.39, 0.29) is 12.2 Å². The van der Waals surface area contributed by atoms with Crippen LogP contribution in [0.3, 0.4) is 0 Å². The number of hydrogen-bond donors (Lipinski definition) is 2. The van der Waals surface area contributed by atoms with Crippen LogP contribution in [0.15, 0.2) is 48.5 Å². The third-order valence-electron chi connectivity index (χ3n) is 3.58. The zero-order valence-electron chi connectivity index (χ0n) is 14.4. The fourth-order valence-electron chi connectivity index (χ4n) is 2.25. The Morgan fingerprint density at radius 3 is 2.64 bits per heavy atom. The van der Waals surface area contributed by atoms with Gasteiger partial charge in [-0.05, 0) is 49.6 Å². The minimum Gasteiger partial charge on any atom is -0.508 e. The van der Waals surface area contributed by atoms with Gasteiger partial charge in [0.1, 0.15) is 11.5 Å². The molecule has 0 fully saturated rings. The van der Waals surface area contributed by atoms with Crippen LogP contribution in [0, 0.1) is 6.92 Å². The second-order valence-electron chi connectivity index (χ2n) is 5.66. The zero-order chi connectivity index (χ0) is 18.1. The van der Waals surface area contributed by atoms with Crippen molar-refractivity contribution in [1.82, 2.24) is 0 Å². The van der Waals surface area contributed by atoms with Crippen LogP contribution in [-0.4, -0.2) is 17.5 Å². The molecule has 2 aromatic rings. The SMILES string of the molecule is [CH2]C[C@@H](OC(=O)Nc1ccc(CCCC)cc1)Oc1cccc(O)c1. The zero-order valence-corrected chi connectivity index (χ0v) is 14.4. The van der Waals surface area contributed by atoms with Crippen LogP contribution in [0.2, 0.25) is 0 Å². The van der Waals surface area contributed by atoms with Crippen molar-refractivity contribution in [3.05, 3.63) is 61.0 Å². The molecule has 0 aromatic heterocycles. The molecule has 25 heavy (non-hydrogen) atoms. The third kappa shape index (κ3) is 6.37. The summed E-state index contributed by atoms with van der Waals surface area (Å²) >= 11 is 0. The van der Waals surface area contributed by atoms with Gasteiger partial charge in [-0.25, -0.2) is 4.79 Å². The van der Waals surface area contributed by atoms with Gasteiger partial charge in [-0.15, -0.1) is 0 Å². The highest BCUT2D eigenvalue weighted by Gasteiger charge is 2.14. The molecule has 1 atom stereocenters. The van der Waals surface area contributed by atoms with Crippen LogP contribution in [0.4, 0.5) is 10.5 Å². The molecule has 0 aliphatic heterocycles. The van der Waals surface area contributed by atoms with Crippen molar-refractivity contribution in [2.45, 2.75) is 38.9 Å². The van der Waals surface area contributed by atoms with Crippen molar-refractivity contribution in [1.29, 1.82) is 0 Å². The summed E-state index contributed by atoms with van der Waals surface area (Å²) in [5.41, 5.74) is 1.90. The molecule has 1 amide bonds. The van der Waals surface area contributed by atoms with Gasteiger partial charge < -0.3 is 14.6 Å².